The zero-order valence-electron chi connectivity index (χ0n) is 12.8. The second-order valence-corrected chi connectivity index (χ2v) is 6.06. The zero-order valence-corrected chi connectivity index (χ0v) is 14.4. The summed E-state index contributed by atoms with van der Waals surface area (Å²) in [4.78, 5) is 17.0. The number of amides is 1. The maximum atomic E-state index is 12.5. The van der Waals surface area contributed by atoms with Crippen LogP contribution in [0.15, 0.2) is 35.7 Å². The SMILES string of the molecule is CN(Cc1nc(C(F)(F)F)cs1)C(=O)C(N)Cc1ccccc1.Cl. The minimum Gasteiger partial charge on any atom is -0.338 e. The van der Waals surface area contributed by atoms with Crippen molar-refractivity contribution < 1.29 is 18.0 Å². The highest BCUT2D eigenvalue weighted by Gasteiger charge is 2.34. The van der Waals surface area contributed by atoms with E-state index in [0.29, 0.717) is 6.42 Å². The van der Waals surface area contributed by atoms with Crippen molar-refractivity contribution in [1.29, 1.82) is 0 Å². The molecule has 0 fully saturated rings. The summed E-state index contributed by atoms with van der Waals surface area (Å²) in [7, 11) is 1.50. The molecule has 0 saturated carbocycles. The van der Waals surface area contributed by atoms with E-state index >= 15 is 0 Å². The molecular weight excluding hydrogens is 363 g/mol. The number of thiazole rings is 1. The molecule has 0 bridgehead atoms. The molecule has 1 heterocycles. The number of benzene rings is 1. The molecule has 0 aliphatic carbocycles. The van der Waals surface area contributed by atoms with Gasteiger partial charge < -0.3 is 10.6 Å². The first-order valence-electron chi connectivity index (χ1n) is 6.83. The van der Waals surface area contributed by atoms with Gasteiger partial charge in [0.15, 0.2) is 5.69 Å². The van der Waals surface area contributed by atoms with Gasteiger partial charge in [-0.3, -0.25) is 4.79 Å². The maximum absolute atomic E-state index is 12.5. The lowest BCUT2D eigenvalue weighted by atomic mass is 10.1. The van der Waals surface area contributed by atoms with Gasteiger partial charge in [-0.15, -0.1) is 23.7 Å². The molecule has 0 aliphatic heterocycles. The Hall–Kier alpha value is -1.64. The Kier molecular flexibility index (Phi) is 7.19. The van der Waals surface area contributed by atoms with Gasteiger partial charge in [-0.05, 0) is 12.0 Å². The molecule has 1 aromatic heterocycles. The highest BCUT2D eigenvalue weighted by atomic mass is 35.5. The van der Waals surface area contributed by atoms with Crippen LogP contribution in [0.3, 0.4) is 0 Å². The summed E-state index contributed by atoms with van der Waals surface area (Å²) in [5, 5.41) is 1.16. The largest absolute Gasteiger partial charge is 0.434 e. The van der Waals surface area contributed by atoms with E-state index in [1.807, 2.05) is 30.3 Å². The van der Waals surface area contributed by atoms with Crippen LogP contribution in [-0.4, -0.2) is 28.9 Å². The van der Waals surface area contributed by atoms with E-state index in [4.69, 9.17) is 5.73 Å². The molecule has 9 heteroatoms. The molecule has 24 heavy (non-hydrogen) atoms. The van der Waals surface area contributed by atoms with Gasteiger partial charge >= 0.3 is 6.18 Å². The predicted molar refractivity (Wildman–Crippen MR) is 89.0 cm³/mol. The number of alkyl halides is 3. The molecule has 1 aromatic carbocycles. The van der Waals surface area contributed by atoms with E-state index in [9.17, 15) is 18.0 Å². The first kappa shape index (κ1) is 20.4. The van der Waals surface area contributed by atoms with Crippen molar-refractivity contribution in [2.75, 3.05) is 7.05 Å². The number of hydrogen-bond acceptors (Lipinski definition) is 4. The van der Waals surface area contributed by atoms with E-state index in [1.165, 1.54) is 11.9 Å². The molecule has 1 atom stereocenters. The van der Waals surface area contributed by atoms with E-state index in [-0.39, 0.29) is 29.9 Å². The minimum atomic E-state index is -4.47. The number of aromatic nitrogens is 1. The van der Waals surface area contributed by atoms with Crippen LogP contribution < -0.4 is 5.73 Å². The summed E-state index contributed by atoms with van der Waals surface area (Å²) in [6.07, 6.45) is -4.10. The van der Waals surface area contributed by atoms with E-state index < -0.39 is 17.9 Å². The fourth-order valence-corrected chi connectivity index (χ4v) is 2.89. The van der Waals surface area contributed by atoms with Crippen LogP contribution in [0.5, 0.6) is 0 Å². The van der Waals surface area contributed by atoms with Crippen molar-refractivity contribution in [2.45, 2.75) is 25.2 Å². The predicted octanol–water partition coefficient (Wildman–Crippen LogP) is 3.11. The third-order valence-corrected chi connectivity index (χ3v) is 4.04. The monoisotopic (exact) mass is 379 g/mol. The molecule has 0 saturated heterocycles. The summed E-state index contributed by atoms with van der Waals surface area (Å²) in [6.45, 7) is 0.00205. The van der Waals surface area contributed by atoms with Crippen molar-refractivity contribution in [2.24, 2.45) is 5.73 Å². The fourth-order valence-electron chi connectivity index (χ4n) is 2.03. The Bertz CT molecular complexity index is 663. The molecule has 132 valence electrons. The number of halogens is 4. The van der Waals surface area contributed by atoms with Gasteiger partial charge in [0.1, 0.15) is 5.01 Å². The van der Waals surface area contributed by atoms with E-state index in [0.717, 1.165) is 22.3 Å². The molecule has 1 amide bonds. The molecular formula is C15H17ClF3N3OS. The quantitative estimate of drug-likeness (QED) is 0.868. The minimum absolute atomic E-state index is 0. The lowest BCUT2D eigenvalue weighted by Gasteiger charge is -2.20. The molecule has 2 aromatic rings. The van der Waals surface area contributed by atoms with Gasteiger partial charge in [0, 0.05) is 12.4 Å². The number of nitrogens with zero attached hydrogens (tertiary/aromatic N) is 2. The average Bonchev–Trinajstić information content (AvgIpc) is 2.96. The van der Waals surface area contributed by atoms with Crippen molar-refractivity contribution >= 4 is 29.7 Å². The Labute approximate surface area is 147 Å². The van der Waals surface area contributed by atoms with Crippen LogP contribution in [0.4, 0.5) is 13.2 Å². The highest BCUT2D eigenvalue weighted by Crippen LogP contribution is 2.30. The van der Waals surface area contributed by atoms with Gasteiger partial charge in [-0.1, -0.05) is 30.3 Å². The Morgan fingerprint density at radius 2 is 1.96 bits per heavy atom. The van der Waals surface area contributed by atoms with Gasteiger partial charge in [0.2, 0.25) is 5.91 Å². The number of carbonyl (C=O) groups excluding carboxylic acids is 1. The van der Waals surface area contributed by atoms with Gasteiger partial charge in [0.25, 0.3) is 0 Å². The maximum Gasteiger partial charge on any atom is 0.434 e. The normalized spacial score (nSPS) is 12.4. The smallest absolute Gasteiger partial charge is 0.338 e. The highest BCUT2D eigenvalue weighted by molar-refractivity contribution is 7.09. The summed E-state index contributed by atoms with van der Waals surface area (Å²) in [5.41, 5.74) is 5.88. The summed E-state index contributed by atoms with van der Waals surface area (Å²) >= 11 is 0.872. The number of nitrogens with two attached hydrogens (primary N) is 1. The first-order valence-corrected chi connectivity index (χ1v) is 7.71. The van der Waals surface area contributed by atoms with E-state index in [2.05, 4.69) is 4.98 Å². The van der Waals surface area contributed by atoms with Crippen LogP contribution in [0.1, 0.15) is 16.3 Å². The summed E-state index contributed by atoms with van der Waals surface area (Å²) in [5.74, 6) is -0.336. The zero-order chi connectivity index (χ0) is 17.0. The molecule has 0 aliphatic rings. The van der Waals surface area contributed by atoms with Gasteiger partial charge in [-0.2, -0.15) is 13.2 Å². The molecule has 0 radical (unpaired) electrons. The Morgan fingerprint density at radius 1 is 1.33 bits per heavy atom. The van der Waals surface area contributed by atoms with Crippen LogP contribution in [0, 0.1) is 0 Å². The molecule has 2 N–H and O–H groups in total. The molecule has 2 rings (SSSR count). The van der Waals surface area contributed by atoms with Crippen molar-refractivity contribution in [3.8, 4) is 0 Å². The summed E-state index contributed by atoms with van der Waals surface area (Å²) in [6, 6.07) is 8.55. The second kappa shape index (κ2) is 8.46. The standard InChI is InChI=1S/C15H16F3N3OS.ClH/c1-21(8-13-20-12(9-23-13)15(16,17)18)14(22)11(19)7-10-5-3-2-4-6-10;/h2-6,9,11H,7-8,19H2,1H3;1H. The third-order valence-electron chi connectivity index (χ3n) is 3.21. The molecule has 0 spiro atoms. The summed E-state index contributed by atoms with van der Waals surface area (Å²) < 4.78 is 37.5. The number of rotatable bonds is 5. The van der Waals surface area contributed by atoms with Gasteiger partial charge in [-0.25, -0.2) is 4.98 Å². The lowest BCUT2D eigenvalue weighted by Crippen LogP contribution is -2.42. The second-order valence-electron chi connectivity index (χ2n) is 5.11. The molecule has 4 nitrogen and oxygen atoms in total. The van der Waals surface area contributed by atoms with Crippen molar-refractivity contribution in [3.63, 3.8) is 0 Å². The van der Waals surface area contributed by atoms with Gasteiger partial charge in [0.05, 0.1) is 12.6 Å². The van der Waals surface area contributed by atoms with Crippen molar-refractivity contribution in [3.05, 3.63) is 52.0 Å². The lowest BCUT2D eigenvalue weighted by molar-refractivity contribution is -0.140. The van der Waals surface area contributed by atoms with Crippen LogP contribution in [0.25, 0.3) is 0 Å². The topological polar surface area (TPSA) is 59.2 Å². The van der Waals surface area contributed by atoms with Crippen molar-refractivity contribution in [1.82, 2.24) is 9.88 Å². The van der Waals surface area contributed by atoms with Crippen LogP contribution in [0.2, 0.25) is 0 Å². The average molecular weight is 380 g/mol. The Balaban J connectivity index is 0.00000288. The Morgan fingerprint density at radius 3 is 2.50 bits per heavy atom. The number of carbonyl (C=O) groups is 1. The van der Waals surface area contributed by atoms with E-state index in [1.54, 1.807) is 0 Å². The first-order chi connectivity index (χ1) is 10.8. The van der Waals surface area contributed by atoms with Crippen LogP contribution in [-0.2, 0) is 23.9 Å². The number of hydrogen-bond donors (Lipinski definition) is 1. The van der Waals surface area contributed by atoms with Crippen LogP contribution >= 0.6 is 23.7 Å². The third kappa shape index (κ3) is 5.47. The molecule has 1 unspecified atom stereocenters. The number of likely N-dealkylation sites (N-methyl/N-ethyl adjacent to an activating group) is 1. The fraction of sp³-hybridized carbons (Fsp3) is 0.333.